The van der Waals surface area contributed by atoms with E-state index in [1.54, 1.807) is 6.07 Å². The van der Waals surface area contributed by atoms with Crippen molar-refractivity contribution in [3.8, 4) is 0 Å². The van der Waals surface area contributed by atoms with Crippen molar-refractivity contribution in [3.63, 3.8) is 0 Å². The van der Waals surface area contributed by atoms with Gasteiger partial charge in [-0.3, -0.25) is 0 Å². The summed E-state index contributed by atoms with van der Waals surface area (Å²) in [7, 11) is 0. The third-order valence-corrected chi connectivity index (χ3v) is 2.08. The highest BCUT2D eigenvalue weighted by atomic mass is 16.3. The van der Waals surface area contributed by atoms with E-state index in [9.17, 15) is 5.11 Å². The van der Waals surface area contributed by atoms with Gasteiger partial charge in [-0.05, 0) is 17.5 Å². The van der Waals surface area contributed by atoms with Gasteiger partial charge < -0.3 is 10.8 Å². The minimum atomic E-state index is -1.59. The second-order valence-electron chi connectivity index (χ2n) is 2.85. The summed E-state index contributed by atoms with van der Waals surface area (Å²) in [5, 5.41) is 9.66. The minimum Gasteiger partial charge on any atom is -0.387 e. The lowest BCUT2D eigenvalue weighted by molar-refractivity contribution is 0.159. The van der Waals surface area contributed by atoms with Crippen LogP contribution in [0, 0.1) is 0 Å². The summed E-state index contributed by atoms with van der Waals surface area (Å²) in [4.78, 5) is 0. The van der Waals surface area contributed by atoms with Crippen LogP contribution in [0.25, 0.3) is 0 Å². The highest BCUT2D eigenvalue weighted by Gasteiger charge is 2.26. The Kier molecular flexibility index (Phi) is 1.21. The maximum atomic E-state index is 9.66. The quantitative estimate of drug-likeness (QED) is 0.569. The van der Waals surface area contributed by atoms with Crippen molar-refractivity contribution in [1.82, 2.24) is 0 Å². The third-order valence-electron chi connectivity index (χ3n) is 2.08. The summed E-state index contributed by atoms with van der Waals surface area (Å²) in [6.45, 7) is 0. The van der Waals surface area contributed by atoms with Gasteiger partial charge in [-0.25, -0.2) is 0 Å². The van der Waals surface area contributed by atoms with E-state index in [0.29, 0.717) is 12.0 Å². The van der Waals surface area contributed by atoms with Crippen LogP contribution < -0.4 is 5.73 Å². The molecule has 1 aliphatic rings. The Morgan fingerprint density at radius 1 is 1.55 bits per heavy atom. The van der Waals surface area contributed by atoms with Crippen LogP contribution in [0.2, 0.25) is 0 Å². The number of benzene rings is 1. The molecule has 58 valence electrons. The lowest BCUT2D eigenvalue weighted by atomic mass is 10.1. The first-order chi connectivity index (χ1) is 5.62. The fourth-order valence-electron chi connectivity index (χ4n) is 1.48. The lowest BCUT2D eigenvalue weighted by Gasteiger charge is -2.07. The van der Waals surface area contributed by atoms with E-state index in [2.05, 4.69) is 0 Å². The highest BCUT2D eigenvalue weighted by molar-refractivity contribution is 5.35. The second-order valence-corrected chi connectivity index (χ2v) is 2.85. The number of hydrogen-bond acceptors (Lipinski definition) is 2. The fourth-order valence-corrected chi connectivity index (χ4v) is 1.48. The van der Waals surface area contributed by atoms with E-state index in [1.165, 1.54) is 0 Å². The minimum absolute atomic E-state index is 0.491. The van der Waals surface area contributed by atoms with Gasteiger partial charge in [-0.15, -0.1) is 0 Å². The predicted molar refractivity (Wildman–Crippen MR) is 43.1 cm³/mol. The predicted octanol–water partition coefficient (Wildman–Crippen LogP) is 0.603. The van der Waals surface area contributed by atoms with E-state index >= 15 is 0 Å². The summed E-state index contributed by atoms with van der Waals surface area (Å²) in [5.41, 5.74) is 7.26. The van der Waals surface area contributed by atoms with Crippen LogP contribution >= 0.6 is 0 Å². The average molecular weight is 150 g/mol. The molecule has 0 heterocycles. The lowest BCUT2D eigenvalue weighted by Crippen LogP contribution is -2.24. The Morgan fingerprint density at radius 2 is 2.27 bits per heavy atom. The first-order valence-corrected chi connectivity index (χ1v) is 3.68. The van der Waals surface area contributed by atoms with Crippen molar-refractivity contribution in [1.29, 1.82) is 0 Å². The van der Waals surface area contributed by atoms with Crippen molar-refractivity contribution in [2.75, 3.05) is 0 Å². The molecule has 0 aromatic heterocycles. The van der Waals surface area contributed by atoms with Crippen molar-refractivity contribution in [2.24, 2.45) is 5.73 Å². The van der Waals surface area contributed by atoms with Gasteiger partial charge in [0.25, 0.3) is 0 Å². The molecule has 0 fully saturated rings. The van der Waals surface area contributed by atoms with Crippen LogP contribution in [0.15, 0.2) is 24.3 Å². The van der Waals surface area contributed by atoms with E-state index in [-0.39, 0.29) is 0 Å². The van der Waals surface area contributed by atoms with Crippen LogP contribution in [0.3, 0.4) is 0 Å². The van der Waals surface area contributed by atoms with Crippen molar-refractivity contribution < 1.29 is 6.48 Å². The molecule has 0 amide bonds. The molecule has 0 saturated carbocycles. The van der Waals surface area contributed by atoms with E-state index in [0.717, 1.165) is 5.56 Å². The molecule has 0 spiro atoms. The van der Waals surface area contributed by atoms with Gasteiger partial charge >= 0.3 is 0 Å². The van der Waals surface area contributed by atoms with Crippen LogP contribution in [0.4, 0.5) is 0 Å². The number of fused-ring (bicyclic) bond motifs is 1. The SMILES string of the molecule is [2H][C@]1(O)c2ccccc2C[C@@H]1N. The van der Waals surface area contributed by atoms with Gasteiger partial charge in [0.2, 0.25) is 0 Å². The maximum absolute atomic E-state index is 9.66. The molecular formula is C9H11NO. The summed E-state index contributed by atoms with van der Waals surface area (Å²) in [6.07, 6.45) is -0.993. The Labute approximate surface area is 67.1 Å². The van der Waals surface area contributed by atoms with Crippen LogP contribution in [-0.4, -0.2) is 11.1 Å². The topological polar surface area (TPSA) is 46.2 Å². The Morgan fingerprint density at radius 3 is 3.00 bits per heavy atom. The zero-order chi connectivity index (χ0) is 8.77. The Balaban J connectivity index is 2.55. The molecule has 1 aromatic carbocycles. The van der Waals surface area contributed by atoms with Crippen LogP contribution in [0.5, 0.6) is 0 Å². The molecule has 0 bridgehead atoms. The maximum Gasteiger partial charge on any atom is 0.0946 e. The summed E-state index contributed by atoms with van der Waals surface area (Å²) in [6, 6.07) is 6.88. The molecule has 11 heavy (non-hydrogen) atoms. The zero-order valence-corrected chi connectivity index (χ0v) is 6.12. The summed E-state index contributed by atoms with van der Waals surface area (Å²) >= 11 is 0. The average Bonchev–Trinajstić information content (AvgIpc) is 2.25. The fraction of sp³-hybridized carbons (Fsp3) is 0.333. The van der Waals surface area contributed by atoms with Gasteiger partial charge in [0.1, 0.15) is 0 Å². The molecule has 1 aromatic rings. The van der Waals surface area contributed by atoms with Gasteiger partial charge in [-0.2, -0.15) is 0 Å². The largest absolute Gasteiger partial charge is 0.387 e. The number of aliphatic hydroxyl groups is 1. The number of hydrogen-bond donors (Lipinski definition) is 2. The molecule has 0 saturated heterocycles. The van der Waals surface area contributed by atoms with Crippen LogP contribution in [-0.2, 0) is 6.42 Å². The first-order valence-electron chi connectivity index (χ1n) is 4.18. The molecule has 0 unspecified atom stereocenters. The molecule has 2 atom stereocenters. The van der Waals surface area contributed by atoms with Gasteiger partial charge in [-0.1, -0.05) is 24.3 Å². The zero-order valence-electron chi connectivity index (χ0n) is 7.12. The Bertz CT molecular complexity index is 311. The monoisotopic (exact) mass is 150 g/mol. The van der Waals surface area contributed by atoms with Gasteiger partial charge in [0.15, 0.2) is 0 Å². The second kappa shape index (κ2) is 2.32. The van der Waals surface area contributed by atoms with Gasteiger partial charge in [0, 0.05) is 6.04 Å². The third kappa shape index (κ3) is 0.951. The summed E-state index contributed by atoms with van der Waals surface area (Å²) in [5.74, 6) is 0. The van der Waals surface area contributed by atoms with E-state index in [1.807, 2.05) is 18.2 Å². The number of nitrogens with two attached hydrogens (primary N) is 1. The van der Waals surface area contributed by atoms with Gasteiger partial charge in [0.05, 0.1) is 7.45 Å². The highest BCUT2D eigenvalue weighted by Crippen LogP contribution is 2.29. The smallest absolute Gasteiger partial charge is 0.0946 e. The van der Waals surface area contributed by atoms with Crippen molar-refractivity contribution in [3.05, 3.63) is 35.4 Å². The normalized spacial score (nSPS) is 36.5. The van der Waals surface area contributed by atoms with Crippen LogP contribution in [0.1, 0.15) is 18.6 Å². The van der Waals surface area contributed by atoms with Crippen molar-refractivity contribution >= 4 is 0 Å². The summed E-state index contributed by atoms with van der Waals surface area (Å²) < 4.78 is 7.60. The molecule has 2 rings (SSSR count). The molecule has 0 radical (unpaired) electrons. The van der Waals surface area contributed by atoms with Crippen molar-refractivity contribution in [2.45, 2.75) is 18.5 Å². The molecule has 0 aliphatic heterocycles. The molecule has 1 aliphatic carbocycles. The molecule has 2 nitrogen and oxygen atoms in total. The van der Waals surface area contributed by atoms with E-state index < -0.39 is 12.1 Å². The Hall–Kier alpha value is -0.860. The molecular weight excluding hydrogens is 138 g/mol. The van der Waals surface area contributed by atoms with E-state index in [4.69, 9.17) is 7.10 Å². The standard InChI is InChI=1S/C9H11NO/c10-8-5-6-3-1-2-4-7(6)9(8)11/h1-4,8-9,11H,5,10H2/t8-,9-/m0/s1/i9D. The molecule has 2 heteroatoms. The first kappa shape index (κ1) is 5.75. The molecule has 3 N–H and O–H groups in total. The number of rotatable bonds is 0.